The van der Waals surface area contributed by atoms with Gasteiger partial charge in [-0.05, 0) is 0 Å². The van der Waals surface area contributed by atoms with E-state index in [1.54, 1.807) is 0 Å². The highest BCUT2D eigenvalue weighted by molar-refractivity contribution is 7.43. The summed E-state index contributed by atoms with van der Waals surface area (Å²) in [7, 11) is 1.02. The van der Waals surface area contributed by atoms with Gasteiger partial charge in [-0.3, -0.25) is 4.57 Å². The number of aliphatic hydroxyl groups excluding tert-OH is 2. The third kappa shape index (κ3) is 29.6. The van der Waals surface area contributed by atoms with Gasteiger partial charge in [0.25, 0.3) is 7.82 Å². The van der Waals surface area contributed by atoms with E-state index < -0.39 is 13.9 Å². The highest BCUT2D eigenvalue weighted by Crippen LogP contribution is 2.18. The van der Waals surface area contributed by atoms with Crippen LogP contribution in [0.5, 0.6) is 0 Å². The summed E-state index contributed by atoms with van der Waals surface area (Å²) in [5.41, 5.74) is 0. The van der Waals surface area contributed by atoms with Crippen molar-refractivity contribution in [1.29, 1.82) is 0 Å². The minimum Gasteiger partial charge on any atom is -0.756 e. The number of nitrogens with zero attached hydrogens (tertiary/aromatic N) is 1. The van der Waals surface area contributed by atoms with Crippen molar-refractivity contribution in [2.75, 3.05) is 34.3 Å². The molecule has 0 fully saturated rings. The molecule has 14 heavy (non-hydrogen) atoms. The summed E-state index contributed by atoms with van der Waals surface area (Å²) in [6, 6.07) is 0. The number of hydrogen-bond donors (Lipinski definition) is 4. The first-order valence-corrected chi connectivity index (χ1v) is 5.34. The van der Waals surface area contributed by atoms with Crippen molar-refractivity contribution < 1.29 is 33.9 Å². The fourth-order valence-electron chi connectivity index (χ4n) is 0.690. The molecule has 1 atom stereocenters. The maximum Gasteiger partial charge on any atom is 0.262 e. The first-order valence-electron chi connectivity index (χ1n) is 3.81. The van der Waals surface area contributed by atoms with E-state index in [-0.39, 0.29) is 6.61 Å². The van der Waals surface area contributed by atoms with Gasteiger partial charge in [0.2, 0.25) is 0 Å². The second-order valence-electron chi connectivity index (χ2n) is 3.80. The number of rotatable bonds is 3. The van der Waals surface area contributed by atoms with Crippen molar-refractivity contribution in [2.24, 2.45) is 0 Å². The highest BCUT2D eigenvalue weighted by atomic mass is 31.2. The predicted octanol–water partition coefficient (Wildman–Crippen LogP) is -2.51. The van der Waals surface area contributed by atoms with E-state index >= 15 is 0 Å². The summed E-state index contributed by atoms with van der Waals surface area (Å²) in [6.07, 6.45) is -0.579. The van der Waals surface area contributed by atoms with Crippen LogP contribution in [0.3, 0.4) is 0 Å². The van der Waals surface area contributed by atoms with Gasteiger partial charge in [-0.15, -0.1) is 0 Å². The molecule has 0 aromatic rings. The van der Waals surface area contributed by atoms with Crippen molar-refractivity contribution in [1.82, 2.24) is 0 Å². The summed E-state index contributed by atoms with van der Waals surface area (Å²) in [4.78, 5) is 22.9. The Hall–Kier alpha value is -0.0100. The smallest absolute Gasteiger partial charge is 0.262 e. The molecular weight excluding hydrogens is 213 g/mol. The summed E-state index contributed by atoms with van der Waals surface area (Å²) < 4.78 is 9.45. The molecule has 7 nitrogen and oxygen atoms in total. The van der Waals surface area contributed by atoms with Crippen molar-refractivity contribution >= 4 is 7.82 Å². The number of aliphatic hydroxyl groups is 2. The minimum absolute atomic E-state index is 0.143. The molecule has 0 aliphatic carbocycles. The van der Waals surface area contributed by atoms with E-state index in [0.29, 0.717) is 11.0 Å². The predicted molar refractivity (Wildman–Crippen MR) is 48.0 cm³/mol. The van der Waals surface area contributed by atoms with Crippen LogP contribution in [0.4, 0.5) is 0 Å². The zero-order chi connectivity index (χ0) is 12.0. The molecule has 88 valence electrons. The third-order valence-corrected chi connectivity index (χ3v) is 0.969. The van der Waals surface area contributed by atoms with Crippen LogP contribution in [-0.4, -0.2) is 64.9 Å². The van der Waals surface area contributed by atoms with Gasteiger partial charge in [0.05, 0.1) is 27.7 Å². The molecule has 1 unspecified atom stereocenters. The Bertz CT molecular complexity index is 177. The van der Waals surface area contributed by atoms with Crippen LogP contribution in [0.2, 0.25) is 0 Å². The first-order chi connectivity index (χ1) is 5.95. The molecule has 0 aliphatic rings. The maximum absolute atomic E-state index is 8.93. The molecule has 0 amide bonds. The Morgan fingerprint density at radius 1 is 1.36 bits per heavy atom. The van der Waals surface area contributed by atoms with Crippen LogP contribution in [0.25, 0.3) is 0 Å². The van der Waals surface area contributed by atoms with Crippen LogP contribution < -0.4 is 4.89 Å². The summed E-state index contributed by atoms with van der Waals surface area (Å²) in [5.74, 6) is 0. The molecule has 8 heteroatoms. The van der Waals surface area contributed by atoms with E-state index in [9.17, 15) is 0 Å². The fraction of sp³-hybridized carbons (Fsp3) is 1.00. The summed E-state index contributed by atoms with van der Waals surface area (Å²) >= 11 is 0. The summed E-state index contributed by atoms with van der Waals surface area (Å²) in [5, 5.41) is 17.4. The van der Waals surface area contributed by atoms with Crippen LogP contribution in [-0.2, 0) is 4.57 Å². The van der Waals surface area contributed by atoms with Crippen LogP contribution >= 0.6 is 7.82 Å². The molecule has 0 aromatic heterocycles. The number of phosphoric acid groups is 1. The summed E-state index contributed by atoms with van der Waals surface area (Å²) in [6.45, 7) is 0.450. The zero-order valence-corrected chi connectivity index (χ0v) is 9.39. The highest BCUT2D eigenvalue weighted by Gasteiger charge is 2.13. The first kappa shape index (κ1) is 16.4. The topological polar surface area (TPSA) is 121 Å². The molecular formula is C6H18NO6P. The van der Waals surface area contributed by atoms with Crippen LogP contribution in [0.1, 0.15) is 0 Å². The SMILES string of the molecule is C[N+](C)(C)CC(O)CO.O=P([O-])(O)O. The maximum atomic E-state index is 8.93. The van der Waals surface area contributed by atoms with Crippen molar-refractivity contribution in [3.8, 4) is 0 Å². The van der Waals surface area contributed by atoms with Crippen molar-refractivity contribution in [2.45, 2.75) is 6.10 Å². The van der Waals surface area contributed by atoms with Crippen LogP contribution in [0, 0.1) is 0 Å². The van der Waals surface area contributed by atoms with E-state index in [1.807, 2.05) is 21.1 Å². The molecule has 0 saturated heterocycles. The van der Waals surface area contributed by atoms with Gasteiger partial charge >= 0.3 is 0 Å². The van der Waals surface area contributed by atoms with Crippen LogP contribution in [0.15, 0.2) is 0 Å². The van der Waals surface area contributed by atoms with Gasteiger partial charge in [-0.1, -0.05) is 0 Å². The Balaban J connectivity index is 0. The average Bonchev–Trinajstić information content (AvgIpc) is 1.79. The van der Waals surface area contributed by atoms with Gasteiger partial charge in [0.1, 0.15) is 12.6 Å². The molecule has 0 aromatic carbocycles. The molecule has 0 heterocycles. The second-order valence-corrected chi connectivity index (χ2v) is 4.78. The Morgan fingerprint density at radius 2 is 1.64 bits per heavy atom. The standard InChI is InChI=1S/C6H16NO2.H3O4P/c1-7(2,3)4-6(9)5-8;1-5(2,3)4/h6,8-9H,4-5H2,1-3H3;(H3,1,2,3,4)/q+1;/p-1. The van der Waals surface area contributed by atoms with Gasteiger partial charge < -0.3 is 29.4 Å². The normalized spacial score (nSPS) is 14.3. The van der Waals surface area contributed by atoms with E-state index in [1.165, 1.54) is 0 Å². The van der Waals surface area contributed by atoms with E-state index in [0.717, 1.165) is 0 Å². The van der Waals surface area contributed by atoms with Gasteiger partial charge in [0, 0.05) is 0 Å². The lowest BCUT2D eigenvalue weighted by Crippen LogP contribution is -2.42. The monoisotopic (exact) mass is 231 g/mol. The second kappa shape index (κ2) is 6.47. The lowest BCUT2D eigenvalue weighted by molar-refractivity contribution is -0.873. The molecule has 0 saturated carbocycles. The quantitative estimate of drug-likeness (QED) is 0.314. The largest absolute Gasteiger partial charge is 0.756 e. The number of hydrogen-bond acceptors (Lipinski definition) is 4. The van der Waals surface area contributed by atoms with Crippen molar-refractivity contribution in [3.05, 3.63) is 0 Å². The lowest BCUT2D eigenvalue weighted by Gasteiger charge is -2.25. The molecule has 0 radical (unpaired) electrons. The molecule has 0 aliphatic heterocycles. The van der Waals surface area contributed by atoms with Gasteiger partial charge in [-0.2, -0.15) is 0 Å². The van der Waals surface area contributed by atoms with Gasteiger partial charge in [-0.25, -0.2) is 0 Å². The molecule has 0 bridgehead atoms. The minimum atomic E-state index is -4.89. The lowest BCUT2D eigenvalue weighted by atomic mass is 10.3. The van der Waals surface area contributed by atoms with Crippen molar-refractivity contribution in [3.63, 3.8) is 0 Å². The molecule has 4 N–H and O–H groups in total. The van der Waals surface area contributed by atoms with Gasteiger partial charge in [0.15, 0.2) is 0 Å². The Morgan fingerprint density at radius 3 is 1.71 bits per heavy atom. The Kier molecular flexibility index (Phi) is 7.59. The Labute approximate surface area is 83.1 Å². The third-order valence-electron chi connectivity index (χ3n) is 0.969. The van der Waals surface area contributed by atoms with E-state index in [4.69, 9.17) is 29.5 Å². The number of likely N-dealkylation sites (N-methyl/N-ethyl adjacent to an activating group) is 1. The molecule has 0 rings (SSSR count). The fourth-order valence-corrected chi connectivity index (χ4v) is 0.690. The molecule has 0 spiro atoms. The average molecular weight is 231 g/mol. The van der Waals surface area contributed by atoms with E-state index in [2.05, 4.69) is 0 Å². The zero-order valence-electron chi connectivity index (χ0n) is 8.49. The number of quaternary nitrogens is 1.